The maximum atomic E-state index is 3.62. The van der Waals surface area contributed by atoms with Crippen molar-refractivity contribution in [2.24, 2.45) is 0 Å². The Kier molecular flexibility index (Phi) is 2.73. The summed E-state index contributed by atoms with van der Waals surface area (Å²) in [7, 11) is 0. The van der Waals surface area contributed by atoms with Crippen LogP contribution in [0.25, 0.3) is 10.9 Å². The fourth-order valence-electron chi connectivity index (χ4n) is 2.13. The van der Waals surface area contributed by atoms with Crippen molar-refractivity contribution in [2.75, 3.05) is 0 Å². The lowest BCUT2D eigenvalue weighted by Gasteiger charge is -2.06. The summed E-state index contributed by atoms with van der Waals surface area (Å²) in [6.07, 6.45) is 2.14. The van der Waals surface area contributed by atoms with Crippen molar-refractivity contribution in [2.45, 2.75) is 6.54 Å². The highest BCUT2D eigenvalue weighted by molar-refractivity contribution is 9.10. The molecule has 0 aliphatic carbocycles. The molecule has 3 rings (SSSR count). The quantitative estimate of drug-likeness (QED) is 0.656. The molecule has 0 spiro atoms. The molecule has 0 radical (unpaired) electrons. The molecule has 0 aliphatic rings. The summed E-state index contributed by atoms with van der Waals surface area (Å²) >= 11 is 3.62. The number of para-hydroxylation sites is 1. The van der Waals surface area contributed by atoms with E-state index in [-0.39, 0.29) is 0 Å². The van der Waals surface area contributed by atoms with E-state index < -0.39 is 0 Å². The number of hydrogen-bond acceptors (Lipinski definition) is 0. The van der Waals surface area contributed by atoms with Gasteiger partial charge in [-0.25, -0.2) is 0 Å². The van der Waals surface area contributed by atoms with Crippen LogP contribution in [0.2, 0.25) is 0 Å². The van der Waals surface area contributed by atoms with Gasteiger partial charge in [0, 0.05) is 22.6 Å². The number of aromatic nitrogens is 1. The first kappa shape index (κ1) is 10.6. The minimum atomic E-state index is 0.910. The Morgan fingerprint density at radius 1 is 0.882 bits per heavy atom. The fraction of sp³-hybridized carbons (Fsp3) is 0.0667. The van der Waals surface area contributed by atoms with Crippen LogP contribution in [-0.4, -0.2) is 4.57 Å². The van der Waals surface area contributed by atoms with Crippen molar-refractivity contribution in [3.05, 3.63) is 70.8 Å². The van der Waals surface area contributed by atoms with Crippen LogP contribution in [0.4, 0.5) is 0 Å². The van der Waals surface area contributed by atoms with E-state index in [4.69, 9.17) is 0 Å². The molecule has 17 heavy (non-hydrogen) atoms. The molecule has 3 aromatic rings. The molecule has 2 aromatic carbocycles. The Hall–Kier alpha value is -1.54. The minimum absolute atomic E-state index is 0.910. The van der Waals surface area contributed by atoms with Gasteiger partial charge < -0.3 is 4.57 Å². The second kappa shape index (κ2) is 4.38. The van der Waals surface area contributed by atoms with Gasteiger partial charge in [-0.15, -0.1) is 0 Å². The van der Waals surface area contributed by atoms with E-state index in [0.29, 0.717) is 0 Å². The normalized spacial score (nSPS) is 10.9. The SMILES string of the molecule is Brc1cccc2ccn(Cc3ccccc3)c12. The van der Waals surface area contributed by atoms with E-state index in [0.717, 1.165) is 11.0 Å². The van der Waals surface area contributed by atoms with Gasteiger partial charge in [0.1, 0.15) is 0 Å². The predicted molar refractivity (Wildman–Crippen MR) is 75.2 cm³/mol. The van der Waals surface area contributed by atoms with Crippen LogP contribution >= 0.6 is 15.9 Å². The van der Waals surface area contributed by atoms with Gasteiger partial charge in [-0.05, 0) is 33.6 Å². The van der Waals surface area contributed by atoms with Gasteiger partial charge in [-0.1, -0.05) is 42.5 Å². The number of fused-ring (bicyclic) bond motifs is 1. The molecular formula is C15H12BrN. The Morgan fingerprint density at radius 3 is 2.53 bits per heavy atom. The lowest BCUT2D eigenvalue weighted by Crippen LogP contribution is -1.97. The van der Waals surface area contributed by atoms with Crippen LogP contribution in [0.5, 0.6) is 0 Å². The molecule has 0 atom stereocenters. The Morgan fingerprint density at radius 2 is 1.71 bits per heavy atom. The average molecular weight is 286 g/mol. The third-order valence-corrected chi connectivity index (χ3v) is 3.57. The maximum absolute atomic E-state index is 3.62. The lowest BCUT2D eigenvalue weighted by molar-refractivity contribution is 0.835. The number of hydrogen-bond donors (Lipinski definition) is 0. The van der Waals surface area contributed by atoms with Crippen LogP contribution in [0, 0.1) is 0 Å². The molecule has 1 nitrogen and oxygen atoms in total. The first-order valence-corrected chi connectivity index (χ1v) is 6.41. The van der Waals surface area contributed by atoms with E-state index in [1.54, 1.807) is 0 Å². The minimum Gasteiger partial charge on any atom is -0.342 e. The molecule has 0 bridgehead atoms. The van der Waals surface area contributed by atoms with Crippen molar-refractivity contribution in [3.8, 4) is 0 Å². The molecule has 0 aliphatic heterocycles. The summed E-state index contributed by atoms with van der Waals surface area (Å²) in [5, 5.41) is 1.27. The standard InChI is InChI=1S/C15H12BrN/c16-14-8-4-7-13-9-10-17(15(13)14)11-12-5-2-1-3-6-12/h1-10H,11H2. The van der Waals surface area contributed by atoms with Gasteiger partial charge in [-0.2, -0.15) is 0 Å². The second-order valence-electron chi connectivity index (χ2n) is 4.11. The van der Waals surface area contributed by atoms with Crippen LogP contribution < -0.4 is 0 Å². The first-order valence-electron chi connectivity index (χ1n) is 5.62. The van der Waals surface area contributed by atoms with Gasteiger partial charge >= 0.3 is 0 Å². The molecule has 84 valence electrons. The molecular weight excluding hydrogens is 274 g/mol. The van der Waals surface area contributed by atoms with E-state index in [1.807, 2.05) is 6.07 Å². The number of nitrogens with zero attached hydrogens (tertiary/aromatic N) is 1. The Labute approximate surface area is 109 Å². The van der Waals surface area contributed by atoms with E-state index in [2.05, 4.69) is 75.2 Å². The van der Waals surface area contributed by atoms with E-state index in [1.165, 1.54) is 16.5 Å². The lowest BCUT2D eigenvalue weighted by atomic mass is 10.2. The zero-order valence-electron chi connectivity index (χ0n) is 9.31. The summed E-state index contributed by atoms with van der Waals surface area (Å²) < 4.78 is 3.42. The predicted octanol–water partition coefficient (Wildman–Crippen LogP) is 4.45. The summed E-state index contributed by atoms with van der Waals surface area (Å²) in [4.78, 5) is 0. The van der Waals surface area contributed by atoms with E-state index >= 15 is 0 Å². The molecule has 0 saturated carbocycles. The molecule has 1 aromatic heterocycles. The molecule has 1 heterocycles. The van der Waals surface area contributed by atoms with Crippen molar-refractivity contribution >= 4 is 26.8 Å². The van der Waals surface area contributed by atoms with Crippen LogP contribution in [-0.2, 0) is 6.54 Å². The zero-order valence-corrected chi connectivity index (χ0v) is 10.9. The van der Waals surface area contributed by atoms with Crippen LogP contribution in [0.15, 0.2) is 65.3 Å². The van der Waals surface area contributed by atoms with Gasteiger partial charge in [0.15, 0.2) is 0 Å². The highest BCUT2D eigenvalue weighted by Gasteiger charge is 2.04. The molecule has 2 heteroatoms. The molecule has 0 saturated heterocycles. The van der Waals surface area contributed by atoms with Crippen molar-refractivity contribution in [3.63, 3.8) is 0 Å². The monoisotopic (exact) mass is 285 g/mol. The molecule has 0 fully saturated rings. The summed E-state index contributed by atoms with van der Waals surface area (Å²) in [5.74, 6) is 0. The molecule has 0 N–H and O–H groups in total. The third kappa shape index (κ3) is 2.01. The highest BCUT2D eigenvalue weighted by Crippen LogP contribution is 2.25. The number of benzene rings is 2. The number of halogens is 1. The third-order valence-electron chi connectivity index (χ3n) is 2.93. The number of rotatable bonds is 2. The summed E-state index contributed by atoms with van der Waals surface area (Å²) in [6.45, 7) is 0.910. The van der Waals surface area contributed by atoms with Gasteiger partial charge in [0.2, 0.25) is 0 Å². The van der Waals surface area contributed by atoms with Crippen molar-refractivity contribution < 1.29 is 0 Å². The highest BCUT2D eigenvalue weighted by atomic mass is 79.9. The Bertz CT molecular complexity index is 640. The largest absolute Gasteiger partial charge is 0.342 e. The molecule has 0 unspecified atom stereocenters. The topological polar surface area (TPSA) is 4.93 Å². The van der Waals surface area contributed by atoms with Crippen molar-refractivity contribution in [1.82, 2.24) is 4.57 Å². The van der Waals surface area contributed by atoms with E-state index in [9.17, 15) is 0 Å². The molecule has 0 amide bonds. The smallest absolute Gasteiger partial charge is 0.0627 e. The van der Waals surface area contributed by atoms with Gasteiger partial charge in [0.25, 0.3) is 0 Å². The first-order chi connectivity index (χ1) is 8.34. The zero-order chi connectivity index (χ0) is 11.7. The second-order valence-corrected chi connectivity index (χ2v) is 4.96. The fourth-order valence-corrected chi connectivity index (χ4v) is 2.74. The average Bonchev–Trinajstić information content (AvgIpc) is 2.75. The van der Waals surface area contributed by atoms with Crippen molar-refractivity contribution in [1.29, 1.82) is 0 Å². The van der Waals surface area contributed by atoms with Gasteiger partial charge in [-0.3, -0.25) is 0 Å². The van der Waals surface area contributed by atoms with Crippen LogP contribution in [0.3, 0.4) is 0 Å². The van der Waals surface area contributed by atoms with Gasteiger partial charge in [0.05, 0.1) is 5.52 Å². The maximum Gasteiger partial charge on any atom is 0.0627 e. The summed E-state index contributed by atoms with van der Waals surface area (Å²) in [5.41, 5.74) is 2.58. The van der Waals surface area contributed by atoms with Crippen LogP contribution in [0.1, 0.15) is 5.56 Å². The Balaban J connectivity index is 2.07. The summed E-state index contributed by atoms with van der Waals surface area (Å²) in [6, 6.07) is 19.0.